The fourth-order valence-corrected chi connectivity index (χ4v) is 4.34. The summed E-state index contributed by atoms with van der Waals surface area (Å²) in [5.74, 6) is 0.131. The molecule has 0 bridgehead atoms. The van der Waals surface area contributed by atoms with Gasteiger partial charge in [-0.2, -0.15) is 26.3 Å². The van der Waals surface area contributed by atoms with Gasteiger partial charge in [0.05, 0.1) is 21.6 Å². The lowest BCUT2D eigenvalue weighted by atomic mass is 9.92. The molecule has 0 unspecified atom stereocenters. The van der Waals surface area contributed by atoms with Gasteiger partial charge in [0.25, 0.3) is 11.2 Å². The third kappa shape index (κ3) is 4.44. The molecule has 4 rings (SSSR count). The van der Waals surface area contributed by atoms with Crippen molar-refractivity contribution < 1.29 is 31.4 Å². The highest BCUT2D eigenvalue weighted by Gasteiger charge is 2.71. The molecule has 0 fully saturated rings. The Morgan fingerprint density at radius 3 is 2.00 bits per heavy atom. The number of nitrogens with zero attached hydrogens (tertiary/aromatic N) is 2. The number of aliphatic hydroxyl groups is 1. The minimum atomic E-state index is -6.04. The van der Waals surface area contributed by atoms with Gasteiger partial charge in [0.15, 0.2) is 0 Å². The maximum absolute atomic E-state index is 13.5. The Morgan fingerprint density at radius 2 is 1.44 bits per heavy atom. The summed E-state index contributed by atoms with van der Waals surface area (Å²) in [5, 5.41) is 9.81. The first-order chi connectivity index (χ1) is 16.7. The van der Waals surface area contributed by atoms with E-state index in [-0.39, 0.29) is 38.9 Å². The summed E-state index contributed by atoms with van der Waals surface area (Å²) in [6, 6.07) is 14.1. The van der Waals surface area contributed by atoms with Gasteiger partial charge in [0, 0.05) is 17.0 Å². The number of hydrogen-bond donors (Lipinski definition) is 1. The van der Waals surface area contributed by atoms with E-state index in [9.17, 15) is 36.2 Å². The van der Waals surface area contributed by atoms with Gasteiger partial charge in [-0.05, 0) is 29.8 Å². The van der Waals surface area contributed by atoms with Crippen LogP contribution >= 0.6 is 23.2 Å². The molecule has 1 aromatic heterocycles. The second kappa shape index (κ2) is 9.10. The molecule has 0 radical (unpaired) electrons. The van der Waals surface area contributed by atoms with Crippen molar-refractivity contribution in [2.24, 2.45) is 0 Å². The predicted molar refractivity (Wildman–Crippen MR) is 123 cm³/mol. The van der Waals surface area contributed by atoms with Crippen LogP contribution in [0.4, 0.5) is 26.3 Å². The molecule has 0 atom stereocenters. The lowest BCUT2D eigenvalue weighted by Gasteiger charge is -2.32. The maximum atomic E-state index is 13.5. The predicted octanol–water partition coefficient (Wildman–Crippen LogP) is 6.60. The molecule has 12 heteroatoms. The van der Waals surface area contributed by atoms with Gasteiger partial charge in [0.1, 0.15) is 5.82 Å². The molecular formula is C24H14Cl2F6N2O2. The Hall–Kier alpha value is -3.08. The molecule has 4 nitrogen and oxygen atoms in total. The highest BCUT2D eigenvalue weighted by molar-refractivity contribution is 6.38. The van der Waals surface area contributed by atoms with E-state index in [2.05, 4.69) is 4.98 Å². The van der Waals surface area contributed by atoms with Crippen molar-refractivity contribution in [3.63, 3.8) is 0 Å². The topological polar surface area (TPSA) is 55.1 Å². The number of benzene rings is 3. The highest BCUT2D eigenvalue weighted by atomic mass is 35.5. The van der Waals surface area contributed by atoms with Crippen LogP contribution in [0, 0.1) is 0 Å². The first kappa shape index (κ1) is 26.0. The molecule has 0 spiro atoms. The molecule has 188 valence electrons. The zero-order valence-electron chi connectivity index (χ0n) is 17.8. The van der Waals surface area contributed by atoms with E-state index in [1.165, 1.54) is 12.1 Å². The Kier molecular flexibility index (Phi) is 6.57. The lowest BCUT2D eigenvalue weighted by molar-refractivity contribution is -0.376. The van der Waals surface area contributed by atoms with Crippen molar-refractivity contribution >= 4 is 34.1 Å². The van der Waals surface area contributed by atoms with Crippen LogP contribution in [0.5, 0.6) is 0 Å². The van der Waals surface area contributed by atoms with Crippen LogP contribution in [0.3, 0.4) is 0 Å². The van der Waals surface area contributed by atoms with Gasteiger partial charge in [-0.25, -0.2) is 4.98 Å². The van der Waals surface area contributed by atoms with Gasteiger partial charge in [-0.3, -0.25) is 9.36 Å². The zero-order chi connectivity index (χ0) is 26.5. The summed E-state index contributed by atoms with van der Waals surface area (Å²) in [7, 11) is 0. The number of aromatic nitrogens is 2. The molecule has 0 aliphatic heterocycles. The molecule has 3 aromatic carbocycles. The smallest absolute Gasteiger partial charge is 0.369 e. The van der Waals surface area contributed by atoms with Crippen molar-refractivity contribution in [2.75, 3.05) is 0 Å². The number of halogens is 8. The highest BCUT2D eigenvalue weighted by Crippen LogP contribution is 2.50. The van der Waals surface area contributed by atoms with Crippen molar-refractivity contribution in [1.29, 1.82) is 0 Å². The Balaban J connectivity index is 1.94. The third-order valence-corrected chi connectivity index (χ3v) is 6.04. The second-order valence-corrected chi connectivity index (χ2v) is 8.71. The molecule has 0 aliphatic rings. The number of alkyl halides is 6. The SMILES string of the molecule is O=c1c2c(Cl)cc(Cl)cc2nc(Cc2ccccc2)n1-c1ccc(C(O)(C(F)(F)F)C(F)(F)F)cc1. The summed E-state index contributed by atoms with van der Waals surface area (Å²) in [6.07, 6.45) is -12.0. The monoisotopic (exact) mass is 546 g/mol. The van der Waals surface area contributed by atoms with E-state index in [4.69, 9.17) is 23.2 Å². The Labute approximate surface area is 209 Å². The summed E-state index contributed by atoms with van der Waals surface area (Å²) < 4.78 is 80.7. The molecule has 0 saturated heterocycles. The third-order valence-electron chi connectivity index (χ3n) is 5.53. The largest absolute Gasteiger partial charge is 0.430 e. The quantitative estimate of drug-likeness (QED) is 0.293. The van der Waals surface area contributed by atoms with Crippen LogP contribution in [0.25, 0.3) is 16.6 Å². The van der Waals surface area contributed by atoms with E-state index >= 15 is 0 Å². The van der Waals surface area contributed by atoms with Crippen molar-refractivity contribution in [3.05, 3.63) is 104 Å². The van der Waals surface area contributed by atoms with Crippen LogP contribution in [0.15, 0.2) is 71.5 Å². The van der Waals surface area contributed by atoms with Crippen LogP contribution in [-0.2, 0) is 12.0 Å². The maximum Gasteiger partial charge on any atom is 0.430 e. The molecule has 0 aliphatic carbocycles. The molecule has 0 saturated carbocycles. The average molecular weight is 547 g/mol. The lowest BCUT2D eigenvalue weighted by Crippen LogP contribution is -2.53. The van der Waals surface area contributed by atoms with E-state index in [0.29, 0.717) is 12.1 Å². The summed E-state index contributed by atoms with van der Waals surface area (Å²) >= 11 is 12.2. The molecule has 4 aromatic rings. The first-order valence-corrected chi connectivity index (χ1v) is 10.9. The number of fused-ring (bicyclic) bond motifs is 1. The zero-order valence-corrected chi connectivity index (χ0v) is 19.3. The summed E-state index contributed by atoms with van der Waals surface area (Å²) in [4.78, 5) is 17.9. The van der Waals surface area contributed by atoms with Gasteiger partial charge in [-0.1, -0.05) is 65.7 Å². The van der Waals surface area contributed by atoms with E-state index in [1.807, 2.05) is 0 Å². The Bertz CT molecular complexity index is 1470. The van der Waals surface area contributed by atoms with Crippen molar-refractivity contribution in [1.82, 2.24) is 9.55 Å². The van der Waals surface area contributed by atoms with Crippen molar-refractivity contribution in [2.45, 2.75) is 24.4 Å². The van der Waals surface area contributed by atoms with E-state index < -0.39 is 29.1 Å². The molecule has 0 amide bonds. The van der Waals surface area contributed by atoms with Gasteiger partial charge in [-0.15, -0.1) is 0 Å². The summed E-state index contributed by atoms with van der Waals surface area (Å²) in [5.41, 5.74) is -6.45. The van der Waals surface area contributed by atoms with E-state index in [1.54, 1.807) is 30.3 Å². The molecule has 36 heavy (non-hydrogen) atoms. The standard InChI is InChI=1S/C24H14Cl2F6N2O2/c25-15-11-17(26)20-18(12-15)33-19(10-13-4-2-1-3-5-13)34(21(20)35)16-8-6-14(7-9-16)22(36,23(27,28)29)24(30,31)32/h1-9,11-12,36H,10H2. The van der Waals surface area contributed by atoms with Gasteiger partial charge >= 0.3 is 12.4 Å². The van der Waals surface area contributed by atoms with Gasteiger partial charge in [0.2, 0.25) is 0 Å². The Morgan fingerprint density at radius 1 is 0.861 bits per heavy atom. The second-order valence-electron chi connectivity index (χ2n) is 7.87. The average Bonchev–Trinajstić information content (AvgIpc) is 2.77. The van der Waals surface area contributed by atoms with Crippen LogP contribution in [0.2, 0.25) is 10.0 Å². The van der Waals surface area contributed by atoms with Crippen LogP contribution in [-0.4, -0.2) is 27.0 Å². The van der Waals surface area contributed by atoms with Crippen LogP contribution in [0.1, 0.15) is 17.0 Å². The van der Waals surface area contributed by atoms with Crippen LogP contribution < -0.4 is 5.56 Å². The molecule has 1 N–H and O–H groups in total. The minimum absolute atomic E-state index is 0.0323. The minimum Gasteiger partial charge on any atom is -0.369 e. The first-order valence-electron chi connectivity index (χ1n) is 10.2. The fraction of sp³-hybridized carbons (Fsp3) is 0.167. The molecule has 1 heterocycles. The van der Waals surface area contributed by atoms with Crippen molar-refractivity contribution in [3.8, 4) is 5.69 Å². The summed E-state index contributed by atoms with van der Waals surface area (Å²) in [6.45, 7) is 0. The normalized spacial score (nSPS) is 12.8. The molecular weight excluding hydrogens is 533 g/mol. The number of hydrogen-bond acceptors (Lipinski definition) is 3. The van der Waals surface area contributed by atoms with Gasteiger partial charge < -0.3 is 5.11 Å². The fourth-order valence-electron chi connectivity index (χ4n) is 3.78. The van der Waals surface area contributed by atoms with E-state index in [0.717, 1.165) is 22.3 Å². The number of rotatable bonds is 4.